The van der Waals surface area contributed by atoms with E-state index in [1.54, 1.807) is 24.3 Å². The zero-order chi connectivity index (χ0) is 24.5. The molecule has 1 fully saturated rings. The monoisotopic (exact) mass is 483 g/mol. The molecule has 0 radical (unpaired) electrons. The fraction of sp³-hybridized carbons (Fsp3) is 0.346. The molecule has 3 rings (SSSR count). The molecule has 8 heteroatoms. The predicted octanol–water partition coefficient (Wildman–Crippen LogP) is 5.35. The Morgan fingerprint density at radius 2 is 1.88 bits per heavy atom. The van der Waals surface area contributed by atoms with E-state index in [-0.39, 0.29) is 18.1 Å². The molecule has 2 amide bonds. The second-order valence-electron chi connectivity index (χ2n) is 7.76. The molecule has 0 aliphatic carbocycles. The Bertz CT molecular complexity index is 1080. The summed E-state index contributed by atoms with van der Waals surface area (Å²) in [5.74, 6) is 0.0250. The van der Waals surface area contributed by atoms with E-state index in [1.807, 2.05) is 39.0 Å². The van der Waals surface area contributed by atoms with E-state index in [1.165, 1.54) is 0 Å². The Morgan fingerprint density at radius 3 is 2.62 bits per heavy atom. The number of aryl methyl sites for hydroxylation is 1. The summed E-state index contributed by atoms with van der Waals surface area (Å²) in [6.45, 7) is 6.62. The number of nitrogens with zero attached hydrogens (tertiary/aromatic N) is 1. The van der Waals surface area contributed by atoms with Gasteiger partial charge in [-0.3, -0.25) is 19.3 Å². The number of amides is 2. The van der Waals surface area contributed by atoms with Crippen LogP contribution in [0.3, 0.4) is 0 Å². The number of thioether (sulfide) groups is 1. The molecular weight excluding hydrogens is 454 g/mol. The van der Waals surface area contributed by atoms with Crippen molar-refractivity contribution >= 4 is 35.0 Å². The van der Waals surface area contributed by atoms with Crippen LogP contribution in [-0.2, 0) is 20.9 Å². The van der Waals surface area contributed by atoms with Crippen molar-refractivity contribution in [1.29, 1.82) is 0 Å². The topological polar surface area (TPSA) is 82.1 Å². The number of hydrogen-bond donors (Lipinski definition) is 0. The fourth-order valence-electron chi connectivity index (χ4n) is 3.26. The van der Waals surface area contributed by atoms with Crippen molar-refractivity contribution in [2.24, 2.45) is 0 Å². The summed E-state index contributed by atoms with van der Waals surface area (Å²) >= 11 is 0.798. The average molecular weight is 484 g/mol. The van der Waals surface area contributed by atoms with E-state index in [0.29, 0.717) is 30.3 Å². The SMILES string of the molecule is CCCCOC(=O)CN1C(=O)S/C(=C\c2ccc(OCc3cccc(C)c3)c(OCC)c2)C1=O. The van der Waals surface area contributed by atoms with E-state index in [2.05, 4.69) is 6.07 Å². The van der Waals surface area contributed by atoms with Crippen molar-refractivity contribution < 1.29 is 28.6 Å². The van der Waals surface area contributed by atoms with E-state index in [4.69, 9.17) is 14.2 Å². The minimum atomic E-state index is -0.592. The van der Waals surface area contributed by atoms with Crippen LogP contribution in [0.25, 0.3) is 6.08 Å². The largest absolute Gasteiger partial charge is 0.490 e. The lowest BCUT2D eigenvalue weighted by Gasteiger charge is -2.13. The lowest BCUT2D eigenvalue weighted by molar-refractivity contribution is -0.146. The highest BCUT2D eigenvalue weighted by Gasteiger charge is 2.36. The quantitative estimate of drug-likeness (QED) is 0.242. The van der Waals surface area contributed by atoms with Crippen LogP contribution >= 0.6 is 11.8 Å². The maximum atomic E-state index is 12.7. The molecule has 0 saturated carbocycles. The molecule has 1 aliphatic heterocycles. The summed E-state index contributed by atoms with van der Waals surface area (Å²) < 4.78 is 16.8. The van der Waals surface area contributed by atoms with Crippen LogP contribution in [0.1, 0.15) is 43.4 Å². The van der Waals surface area contributed by atoms with Gasteiger partial charge in [-0.15, -0.1) is 0 Å². The van der Waals surface area contributed by atoms with Crippen molar-refractivity contribution in [2.45, 2.75) is 40.2 Å². The van der Waals surface area contributed by atoms with Gasteiger partial charge >= 0.3 is 5.97 Å². The molecule has 2 aromatic rings. The molecule has 0 unspecified atom stereocenters. The first-order valence-corrected chi connectivity index (χ1v) is 12.1. The van der Waals surface area contributed by atoms with Crippen LogP contribution in [0.15, 0.2) is 47.4 Å². The van der Waals surface area contributed by atoms with Crippen LogP contribution in [-0.4, -0.2) is 41.8 Å². The summed E-state index contributed by atoms with van der Waals surface area (Å²) in [5, 5.41) is -0.494. The smallest absolute Gasteiger partial charge is 0.326 e. The normalized spacial score (nSPS) is 14.6. The van der Waals surface area contributed by atoms with Gasteiger partial charge in [0.05, 0.1) is 18.1 Å². The molecule has 1 saturated heterocycles. The van der Waals surface area contributed by atoms with E-state index >= 15 is 0 Å². The first-order valence-electron chi connectivity index (χ1n) is 11.3. The molecular formula is C26H29NO6S. The van der Waals surface area contributed by atoms with Gasteiger partial charge in [-0.1, -0.05) is 49.2 Å². The zero-order valence-electron chi connectivity index (χ0n) is 19.7. The third-order valence-corrected chi connectivity index (χ3v) is 5.87. The van der Waals surface area contributed by atoms with Gasteiger partial charge in [0.2, 0.25) is 0 Å². The van der Waals surface area contributed by atoms with Gasteiger partial charge in [0, 0.05) is 0 Å². The lowest BCUT2D eigenvalue weighted by Crippen LogP contribution is -2.34. The highest BCUT2D eigenvalue weighted by Crippen LogP contribution is 2.35. The van der Waals surface area contributed by atoms with Gasteiger partial charge in [-0.05, 0) is 61.4 Å². The molecule has 1 aliphatic rings. The van der Waals surface area contributed by atoms with Crippen LogP contribution in [0.2, 0.25) is 0 Å². The molecule has 0 spiro atoms. The van der Waals surface area contributed by atoms with Crippen molar-refractivity contribution in [3.63, 3.8) is 0 Å². The van der Waals surface area contributed by atoms with Gasteiger partial charge in [0.15, 0.2) is 11.5 Å². The average Bonchev–Trinajstić information content (AvgIpc) is 3.06. The molecule has 34 heavy (non-hydrogen) atoms. The number of ether oxygens (including phenoxy) is 3. The molecule has 180 valence electrons. The Kier molecular flexibility index (Phi) is 9.16. The number of unbranched alkanes of at least 4 members (excludes halogenated alkanes) is 1. The van der Waals surface area contributed by atoms with E-state index < -0.39 is 17.1 Å². The Morgan fingerprint density at radius 1 is 1.06 bits per heavy atom. The van der Waals surface area contributed by atoms with Crippen molar-refractivity contribution in [3.8, 4) is 11.5 Å². The van der Waals surface area contributed by atoms with Crippen molar-refractivity contribution in [2.75, 3.05) is 19.8 Å². The summed E-state index contributed by atoms with van der Waals surface area (Å²) in [7, 11) is 0. The van der Waals surface area contributed by atoms with Crippen LogP contribution in [0, 0.1) is 6.92 Å². The van der Waals surface area contributed by atoms with Crippen molar-refractivity contribution in [3.05, 3.63) is 64.1 Å². The first-order chi connectivity index (χ1) is 16.4. The summed E-state index contributed by atoms with van der Waals surface area (Å²) in [6.07, 6.45) is 3.23. The number of rotatable bonds is 11. The molecule has 7 nitrogen and oxygen atoms in total. The van der Waals surface area contributed by atoms with Gasteiger partial charge in [0.1, 0.15) is 13.2 Å². The Balaban J connectivity index is 1.70. The number of benzene rings is 2. The van der Waals surface area contributed by atoms with E-state index in [0.717, 1.165) is 40.6 Å². The van der Waals surface area contributed by atoms with Gasteiger partial charge in [-0.2, -0.15) is 0 Å². The third-order valence-electron chi connectivity index (χ3n) is 4.96. The van der Waals surface area contributed by atoms with Crippen LogP contribution in [0.5, 0.6) is 11.5 Å². The lowest BCUT2D eigenvalue weighted by atomic mass is 10.1. The maximum Gasteiger partial charge on any atom is 0.326 e. The molecule has 2 aromatic carbocycles. The molecule has 0 aromatic heterocycles. The Hall–Kier alpha value is -3.26. The second-order valence-corrected chi connectivity index (χ2v) is 8.75. The molecule has 0 bridgehead atoms. The number of carbonyl (C=O) groups excluding carboxylic acids is 3. The van der Waals surface area contributed by atoms with Gasteiger partial charge < -0.3 is 14.2 Å². The second kappa shape index (κ2) is 12.3. The molecule has 0 atom stereocenters. The van der Waals surface area contributed by atoms with Gasteiger partial charge in [-0.25, -0.2) is 0 Å². The van der Waals surface area contributed by atoms with E-state index in [9.17, 15) is 14.4 Å². The predicted molar refractivity (Wildman–Crippen MR) is 132 cm³/mol. The third kappa shape index (κ3) is 6.87. The van der Waals surface area contributed by atoms with Crippen LogP contribution in [0.4, 0.5) is 4.79 Å². The van der Waals surface area contributed by atoms with Gasteiger partial charge in [0.25, 0.3) is 11.1 Å². The summed E-state index contributed by atoms with van der Waals surface area (Å²) in [4.78, 5) is 38.1. The standard InChI is InChI=1S/C26H29NO6S/c1-4-6-12-32-24(28)16-27-25(29)23(34-26(27)30)15-19-10-11-21(22(14-19)31-5-2)33-17-20-9-7-8-18(3)13-20/h7-11,13-15H,4-6,12,16-17H2,1-3H3/b23-15-. The first kappa shape index (κ1) is 25.4. The highest BCUT2D eigenvalue weighted by molar-refractivity contribution is 8.18. The zero-order valence-corrected chi connectivity index (χ0v) is 20.5. The Labute approximate surface area is 204 Å². The van der Waals surface area contributed by atoms with Crippen molar-refractivity contribution in [1.82, 2.24) is 4.90 Å². The summed E-state index contributed by atoms with van der Waals surface area (Å²) in [5.41, 5.74) is 2.89. The minimum absolute atomic E-state index is 0.238. The molecule has 0 N–H and O–H groups in total. The highest BCUT2D eigenvalue weighted by atomic mass is 32.2. The summed E-state index contributed by atoms with van der Waals surface area (Å²) in [6, 6.07) is 13.4. The maximum absolute atomic E-state index is 12.7. The molecule has 1 heterocycles. The fourth-order valence-corrected chi connectivity index (χ4v) is 4.10. The number of imide groups is 1. The number of esters is 1. The number of hydrogen-bond acceptors (Lipinski definition) is 7. The minimum Gasteiger partial charge on any atom is -0.490 e. The van der Waals surface area contributed by atoms with Crippen LogP contribution < -0.4 is 9.47 Å². The number of carbonyl (C=O) groups is 3.